The number of hydrogen-bond acceptors (Lipinski definition) is 3. The molecule has 0 aliphatic rings. The Bertz CT molecular complexity index is 1340. The summed E-state index contributed by atoms with van der Waals surface area (Å²) < 4.78 is 0. The average molecular weight is 941 g/mol. The first-order chi connectivity index (χ1) is 33.7. The van der Waals surface area contributed by atoms with Gasteiger partial charge in [-0.25, -0.2) is 0 Å². The molecule has 0 aromatic heterocycles. The maximum Gasteiger partial charge on any atom is 0.220 e. The van der Waals surface area contributed by atoms with Crippen molar-refractivity contribution in [1.82, 2.24) is 5.32 Å². The van der Waals surface area contributed by atoms with Gasteiger partial charge in [-0.3, -0.25) is 4.79 Å². The van der Waals surface area contributed by atoms with Crippen molar-refractivity contribution in [2.45, 2.75) is 270 Å². The van der Waals surface area contributed by atoms with Crippen molar-refractivity contribution in [2.24, 2.45) is 0 Å². The van der Waals surface area contributed by atoms with Crippen LogP contribution in [0.3, 0.4) is 0 Å². The molecule has 0 aromatic carbocycles. The number of nitrogens with one attached hydrogen (secondary N) is 1. The van der Waals surface area contributed by atoms with Crippen LogP contribution in [0.25, 0.3) is 0 Å². The first-order valence-electron chi connectivity index (χ1n) is 28.7. The lowest BCUT2D eigenvalue weighted by Gasteiger charge is -2.19. The van der Waals surface area contributed by atoms with Crippen LogP contribution in [0.2, 0.25) is 0 Å². The molecule has 3 N–H and O–H groups in total. The fourth-order valence-corrected chi connectivity index (χ4v) is 8.09. The molecule has 0 aromatic rings. The zero-order valence-electron chi connectivity index (χ0n) is 44.6. The Hall–Kier alpha value is -3.21. The van der Waals surface area contributed by atoms with E-state index in [1.807, 2.05) is 6.08 Å². The highest BCUT2D eigenvalue weighted by atomic mass is 16.3. The van der Waals surface area contributed by atoms with Gasteiger partial charge in [-0.1, -0.05) is 277 Å². The summed E-state index contributed by atoms with van der Waals surface area (Å²) in [7, 11) is 0. The lowest BCUT2D eigenvalue weighted by molar-refractivity contribution is -0.123. The summed E-state index contributed by atoms with van der Waals surface area (Å²) in [4.78, 5) is 12.5. The van der Waals surface area contributed by atoms with Crippen LogP contribution in [0.5, 0.6) is 0 Å². The number of unbranched alkanes of at least 4 members (excludes halogenated alkanes) is 26. The third-order valence-electron chi connectivity index (χ3n) is 12.4. The molecule has 2 unspecified atom stereocenters. The van der Waals surface area contributed by atoms with Crippen molar-refractivity contribution < 1.29 is 15.0 Å². The molecule has 0 heterocycles. The fraction of sp³-hybridized carbons (Fsp3) is 0.672. The third kappa shape index (κ3) is 53.7. The SMILES string of the molecule is CC/C=C\C/C=C\C/C=C\C/C=C\C/C=C\C/C=C\C/C=C\C/C=C\CCCCCCCCCCCCCCCCC(=O)NC(CO)C(O)/C=C/CC/C=C/CCCCCCCCCCCCC. The summed E-state index contributed by atoms with van der Waals surface area (Å²) in [6, 6.07) is -0.646. The lowest BCUT2D eigenvalue weighted by Crippen LogP contribution is -2.45. The molecule has 68 heavy (non-hydrogen) atoms. The van der Waals surface area contributed by atoms with Crippen LogP contribution in [0, 0.1) is 0 Å². The summed E-state index contributed by atoms with van der Waals surface area (Å²) in [5.41, 5.74) is 0. The van der Waals surface area contributed by atoms with Gasteiger partial charge >= 0.3 is 0 Å². The van der Waals surface area contributed by atoms with Gasteiger partial charge in [-0.05, 0) is 96.3 Å². The number of rotatable bonds is 51. The van der Waals surface area contributed by atoms with E-state index in [4.69, 9.17) is 0 Å². The molecule has 388 valence electrons. The molecule has 4 nitrogen and oxygen atoms in total. The smallest absolute Gasteiger partial charge is 0.220 e. The zero-order valence-corrected chi connectivity index (χ0v) is 44.6. The fourth-order valence-electron chi connectivity index (χ4n) is 8.09. The first-order valence-corrected chi connectivity index (χ1v) is 28.7. The Morgan fingerprint density at radius 3 is 1.03 bits per heavy atom. The largest absolute Gasteiger partial charge is 0.394 e. The van der Waals surface area contributed by atoms with Gasteiger partial charge in [-0.15, -0.1) is 0 Å². The molecule has 2 atom stereocenters. The van der Waals surface area contributed by atoms with E-state index in [-0.39, 0.29) is 12.5 Å². The number of carbonyl (C=O) groups is 1. The van der Waals surface area contributed by atoms with Crippen LogP contribution in [0.15, 0.2) is 122 Å². The van der Waals surface area contributed by atoms with Gasteiger partial charge in [0.05, 0.1) is 18.8 Å². The van der Waals surface area contributed by atoms with Gasteiger partial charge in [0.1, 0.15) is 0 Å². The number of aliphatic hydroxyl groups is 2. The molecule has 0 bridgehead atoms. The normalized spacial score (nSPS) is 13.8. The highest BCUT2D eigenvalue weighted by Crippen LogP contribution is 2.15. The molecule has 0 fully saturated rings. The summed E-state index contributed by atoms with van der Waals surface area (Å²) in [6.07, 6.45) is 89.3. The minimum atomic E-state index is -0.868. The maximum absolute atomic E-state index is 12.5. The zero-order chi connectivity index (χ0) is 49.2. The standard InChI is InChI=1S/C64H109NO3/c1-3-5-7-9-11-13-15-17-19-21-22-23-24-25-26-27-28-29-30-31-32-33-34-35-36-37-38-39-40-41-42-44-46-48-50-52-54-56-58-60-64(68)65-62(61-66)63(67)59-57-55-53-51-49-47-45-43-20-18-16-14-12-10-8-6-4-2/h5,7,11,13,17,19,22-23,25-26,28-29,31-32,34-35,49,51,57,59,62-63,66-67H,3-4,6,8-10,12,14-16,18,20-21,24,27,30,33,36-48,50,52-56,58,60-61H2,1-2H3,(H,65,68)/b7-5-,13-11-,19-17-,23-22-,26-25-,29-28-,32-31-,35-34-,51-49+,59-57+. The second kappa shape index (κ2) is 58.1. The molecule has 0 aliphatic heterocycles. The Kier molecular flexibility index (Phi) is 55.4. The minimum absolute atomic E-state index is 0.0778. The Labute approximate surface area is 422 Å². The van der Waals surface area contributed by atoms with E-state index < -0.39 is 12.1 Å². The van der Waals surface area contributed by atoms with Crippen molar-refractivity contribution in [1.29, 1.82) is 0 Å². The van der Waals surface area contributed by atoms with Gasteiger partial charge in [0, 0.05) is 6.42 Å². The molecule has 1 amide bonds. The van der Waals surface area contributed by atoms with Gasteiger partial charge in [0.2, 0.25) is 5.91 Å². The summed E-state index contributed by atoms with van der Waals surface area (Å²) in [5, 5.41) is 23.1. The third-order valence-corrected chi connectivity index (χ3v) is 12.4. The van der Waals surface area contributed by atoms with Gasteiger partial charge in [0.15, 0.2) is 0 Å². The Morgan fingerprint density at radius 1 is 0.368 bits per heavy atom. The predicted molar refractivity (Wildman–Crippen MR) is 303 cm³/mol. The van der Waals surface area contributed by atoms with Crippen molar-refractivity contribution in [2.75, 3.05) is 6.61 Å². The number of carbonyl (C=O) groups excluding carboxylic acids is 1. The molecule has 0 radical (unpaired) electrons. The topological polar surface area (TPSA) is 69.6 Å². The molecule has 0 saturated carbocycles. The van der Waals surface area contributed by atoms with E-state index in [1.165, 1.54) is 154 Å². The van der Waals surface area contributed by atoms with Crippen LogP contribution >= 0.6 is 0 Å². The monoisotopic (exact) mass is 940 g/mol. The van der Waals surface area contributed by atoms with Crippen LogP contribution in [0.4, 0.5) is 0 Å². The van der Waals surface area contributed by atoms with E-state index in [1.54, 1.807) is 6.08 Å². The highest BCUT2D eigenvalue weighted by molar-refractivity contribution is 5.76. The maximum atomic E-state index is 12.5. The number of amides is 1. The van der Waals surface area contributed by atoms with E-state index in [0.29, 0.717) is 6.42 Å². The Balaban J connectivity index is 3.57. The molecule has 0 saturated heterocycles. The molecule has 4 heteroatoms. The second-order valence-corrected chi connectivity index (χ2v) is 19.0. The molecular weight excluding hydrogens is 831 g/mol. The number of aliphatic hydroxyl groups excluding tert-OH is 2. The van der Waals surface area contributed by atoms with Gasteiger partial charge in [0.25, 0.3) is 0 Å². The molecule has 0 rings (SSSR count). The summed E-state index contributed by atoms with van der Waals surface area (Å²) in [6.45, 7) is 4.18. The summed E-state index contributed by atoms with van der Waals surface area (Å²) >= 11 is 0. The van der Waals surface area contributed by atoms with E-state index in [2.05, 4.69) is 129 Å². The first kappa shape index (κ1) is 64.8. The highest BCUT2D eigenvalue weighted by Gasteiger charge is 2.17. The second-order valence-electron chi connectivity index (χ2n) is 19.0. The van der Waals surface area contributed by atoms with Gasteiger partial charge in [-0.2, -0.15) is 0 Å². The molecular formula is C64H109NO3. The van der Waals surface area contributed by atoms with E-state index in [9.17, 15) is 15.0 Å². The van der Waals surface area contributed by atoms with Crippen molar-refractivity contribution in [3.8, 4) is 0 Å². The lowest BCUT2D eigenvalue weighted by atomic mass is 10.0. The minimum Gasteiger partial charge on any atom is -0.394 e. The van der Waals surface area contributed by atoms with Gasteiger partial charge < -0.3 is 15.5 Å². The van der Waals surface area contributed by atoms with Crippen LogP contribution < -0.4 is 5.32 Å². The molecule has 0 aliphatic carbocycles. The van der Waals surface area contributed by atoms with Crippen molar-refractivity contribution in [3.05, 3.63) is 122 Å². The van der Waals surface area contributed by atoms with Crippen LogP contribution in [0.1, 0.15) is 258 Å². The quantitative estimate of drug-likeness (QED) is 0.0420. The van der Waals surface area contributed by atoms with E-state index in [0.717, 1.165) is 83.5 Å². The number of allylic oxidation sites excluding steroid dienone is 19. The van der Waals surface area contributed by atoms with E-state index >= 15 is 0 Å². The predicted octanol–water partition coefficient (Wildman–Crippen LogP) is 19.2. The van der Waals surface area contributed by atoms with Crippen molar-refractivity contribution >= 4 is 5.91 Å². The van der Waals surface area contributed by atoms with Crippen LogP contribution in [-0.4, -0.2) is 34.9 Å². The average Bonchev–Trinajstić information content (AvgIpc) is 3.34. The molecule has 0 spiro atoms. The van der Waals surface area contributed by atoms with Crippen LogP contribution in [-0.2, 0) is 4.79 Å². The number of hydrogen-bond donors (Lipinski definition) is 3. The Morgan fingerprint density at radius 2 is 0.662 bits per heavy atom. The summed E-state index contributed by atoms with van der Waals surface area (Å²) in [5.74, 6) is -0.0778. The van der Waals surface area contributed by atoms with Crippen molar-refractivity contribution in [3.63, 3.8) is 0 Å².